The number of carboxylic acid groups (broad SMARTS) is 1. The average Bonchev–Trinajstić information content (AvgIpc) is 3.28. The predicted octanol–water partition coefficient (Wildman–Crippen LogP) is 5.01. The fourth-order valence-electron chi connectivity index (χ4n) is 3.18. The first-order chi connectivity index (χ1) is 14.7. The van der Waals surface area contributed by atoms with E-state index in [0.29, 0.717) is 35.5 Å². The smallest absolute Gasteiger partial charge is 0.326 e. The van der Waals surface area contributed by atoms with Crippen LogP contribution in [0.4, 0.5) is 5.69 Å². The van der Waals surface area contributed by atoms with E-state index in [1.807, 2.05) is 6.92 Å². The molecule has 0 aliphatic carbocycles. The number of carbonyl (C=O) groups excluding carboxylic acids is 1. The second-order valence-electron chi connectivity index (χ2n) is 7.01. The number of nitrogens with zero attached hydrogens (tertiary/aromatic N) is 2. The van der Waals surface area contributed by atoms with E-state index in [0.717, 1.165) is 23.1 Å². The van der Waals surface area contributed by atoms with Gasteiger partial charge in [0.25, 0.3) is 11.6 Å². The Kier molecular flexibility index (Phi) is 6.91. The molecule has 1 fully saturated rings. The molecule has 1 N–H and O–H groups in total. The predicted molar refractivity (Wildman–Crippen MR) is 121 cm³/mol. The summed E-state index contributed by atoms with van der Waals surface area (Å²) >= 11 is 6.28. The first-order valence-corrected chi connectivity index (χ1v) is 10.8. The van der Waals surface area contributed by atoms with Gasteiger partial charge in [-0.25, -0.2) is 4.79 Å². The van der Waals surface area contributed by atoms with E-state index in [9.17, 15) is 24.8 Å². The minimum atomic E-state index is -1.09. The molecule has 2 aromatic rings. The van der Waals surface area contributed by atoms with Gasteiger partial charge in [0.2, 0.25) is 0 Å². The molecule has 8 nitrogen and oxygen atoms in total. The van der Waals surface area contributed by atoms with Gasteiger partial charge < -0.3 is 9.52 Å². The van der Waals surface area contributed by atoms with Gasteiger partial charge in [-0.2, -0.15) is 0 Å². The Balaban J connectivity index is 1.85. The number of carboxylic acids is 1. The molecule has 1 saturated heterocycles. The Morgan fingerprint density at radius 2 is 2.13 bits per heavy atom. The highest BCUT2D eigenvalue weighted by Gasteiger charge is 2.40. The lowest BCUT2D eigenvalue weighted by molar-refractivity contribution is -0.385. The molecule has 3 rings (SSSR count). The molecule has 0 saturated carbocycles. The van der Waals surface area contributed by atoms with Gasteiger partial charge in [0.1, 0.15) is 21.9 Å². The molecule has 31 heavy (non-hydrogen) atoms. The number of aliphatic carboxylic acids is 1. The van der Waals surface area contributed by atoms with Crippen molar-refractivity contribution >= 4 is 51.9 Å². The van der Waals surface area contributed by atoms with Crippen molar-refractivity contribution in [2.45, 2.75) is 39.2 Å². The summed E-state index contributed by atoms with van der Waals surface area (Å²) in [6, 6.07) is 7.08. The van der Waals surface area contributed by atoms with Crippen molar-refractivity contribution in [1.29, 1.82) is 0 Å². The fourth-order valence-corrected chi connectivity index (χ4v) is 4.52. The van der Waals surface area contributed by atoms with Gasteiger partial charge in [-0.3, -0.25) is 19.8 Å². The lowest BCUT2D eigenvalue weighted by Gasteiger charge is -2.22. The maximum Gasteiger partial charge on any atom is 0.326 e. The number of hydrogen-bond acceptors (Lipinski definition) is 7. The highest BCUT2D eigenvalue weighted by atomic mass is 32.2. The van der Waals surface area contributed by atoms with Gasteiger partial charge in [-0.05, 0) is 25.5 Å². The fraction of sp³-hybridized carbons (Fsp3) is 0.286. The normalized spacial score (nSPS) is 16.2. The molecule has 0 radical (unpaired) electrons. The summed E-state index contributed by atoms with van der Waals surface area (Å²) in [5.41, 5.74) is 1.07. The van der Waals surface area contributed by atoms with Crippen LogP contribution in [0.1, 0.15) is 37.5 Å². The largest absolute Gasteiger partial charge is 0.480 e. The lowest BCUT2D eigenvalue weighted by atomic mass is 10.1. The molecule has 1 amide bonds. The topological polar surface area (TPSA) is 114 Å². The Hall–Kier alpha value is -2.98. The number of thioether (sulfide) groups is 1. The first-order valence-electron chi connectivity index (χ1n) is 9.58. The summed E-state index contributed by atoms with van der Waals surface area (Å²) < 4.78 is 5.95. The number of furan rings is 1. The molecule has 1 aromatic heterocycles. The number of nitro groups is 1. The molecular formula is C21H20N2O6S2. The third kappa shape index (κ3) is 4.86. The quantitative estimate of drug-likeness (QED) is 0.253. The van der Waals surface area contributed by atoms with Crippen LogP contribution in [0.3, 0.4) is 0 Å². The maximum absolute atomic E-state index is 12.8. The van der Waals surface area contributed by atoms with Gasteiger partial charge in [-0.15, -0.1) is 0 Å². The van der Waals surface area contributed by atoms with Crippen LogP contribution in [-0.4, -0.2) is 37.2 Å². The zero-order valence-corrected chi connectivity index (χ0v) is 18.5. The van der Waals surface area contributed by atoms with Crippen molar-refractivity contribution in [2.75, 3.05) is 0 Å². The molecule has 1 unspecified atom stereocenters. The summed E-state index contributed by atoms with van der Waals surface area (Å²) in [6.07, 6.45) is 3.30. The summed E-state index contributed by atoms with van der Waals surface area (Å²) in [4.78, 5) is 36.6. The zero-order valence-electron chi connectivity index (χ0n) is 16.9. The Bertz CT molecular complexity index is 1090. The molecule has 0 spiro atoms. The summed E-state index contributed by atoms with van der Waals surface area (Å²) in [7, 11) is 0. The standard InChI is InChI=1S/C21H20N2O6S2/c1-3-4-5-15(20(25)26)22-19(24)18(31-21(22)30)11-14-8-9-17(29-14)13-7-6-12(2)16(10-13)23(27)28/h6-11,15H,3-5H2,1-2H3,(H,25,26)/b18-11-. The molecule has 1 aromatic carbocycles. The van der Waals surface area contributed by atoms with Crippen molar-refractivity contribution in [3.05, 3.63) is 56.7 Å². The maximum atomic E-state index is 12.8. The molecular weight excluding hydrogens is 440 g/mol. The summed E-state index contributed by atoms with van der Waals surface area (Å²) in [6.45, 7) is 3.60. The highest BCUT2D eigenvalue weighted by molar-refractivity contribution is 8.26. The summed E-state index contributed by atoms with van der Waals surface area (Å²) in [5.74, 6) is -0.787. The number of thiocarbonyl (C=S) groups is 1. The van der Waals surface area contributed by atoms with Crippen molar-refractivity contribution in [3.8, 4) is 11.3 Å². The van der Waals surface area contributed by atoms with Crippen molar-refractivity contribution < 1.29 is 24.0 Å². The minimum absolute atomic E-state index is 0.0110. The minimum Gasteiger partial charge on any atom is -0.480 e. The average molecular weight is 461 g/mol. The van der Waals surface area contributed by atoms with Crippen LogP contribution >= 0.6 is 24.0 Å². The first kappa shape index (κ1) is 22.7. The third-order valence-corrected chi connectivity index (χ3v) is 6.17. The molecule has 0 bridgehead atoms. The van der Waals surface area contributed by atoms with Crippen molar-refractivity contribution in [2.24, 2.45) is 0 Å². The number of aryl methyl sites for hydroxylation is 1. The van der Waals surface area contributed by atoms with Gasteiger partial charge in [-0.1, -0.05) is 55.9 Å². The van der Waals surface area contributed by atoms with Crippen LogP contribution in [0.2, 0.25) is 0 Å². The van der Waals surface area contributed by atoms with Gasteiger partial charge in [0.15, 0.2) is 0 Å². The van der Waals surface area contributed by atoms with Gasteiger partial charge >= 0.3 is 5.97 Å². The number of nitro benzene ring substituents is 1. The van der Waals surface area contributed by atoms with Crippen LogP contribution in [0.5, 0.6) is 0 Å². The van der Waals surface area contributed by atoms with Crippen LogP contribution in [0, 0.1) is 17.0 Å². The molecule has 162 valence electrons. The number of carbonyl (C=O) groups is 2. The molecule has 1 atom stereocenters. The highest BCUT2D eigenvalue weighted by Crippen LogP contribution is 2.36. The Morgan fingerprint density at radius 1 is 1.39 bits per heavy atom. The number of rotatable bonds is 8. The van der Waals surface area contributed by atoms with Crippen LogP contribution in [0.25, 0.3) is 17.4 Å². The molecule has 2 heterocycles. The number of benzene rings is 1. The van der Waals surface area contributed by atoms with E-state index >= 15 is 0 Å². The van der Waals surface area contributed by atoms with E-state index in [2.05, 4.69) is 0 Å². The molecule has 1 aliphatic heterocycles. The van der Waals surface area contributed by atoms with Crippen LogP contribution in [0.15, 0.2) is 39.7 Å². The van der Waals surface area contributed by atoms with Gasteiger partial charge in [0, 0.05) is 23.3 Å². The second-order valence-corrected chi connectivity index (χ2v) is 8.68. The van der Waals surface area contributed by atoms with E-state index in [4.69, 9.17) is 16.6 Å². The number of amides is 1. The summed E-state index contributed by atoms with van der Waals surface area (Å²) in [5, 5.41) is 20.7. The van der Waals surface area contributed by atoms with Crippen molar-refractivity contribution in [3.63, 3.8) is 0 Å². The van der Waals surface area contributed by atoms with Crippen LogP contribution in [-0.2, 0) is 9.59 Å². The number of unbranched alkanes of at least 4 members (excludes halogenated alkanes) is 1. The SMILES string of the molecule is CCCCC(C(=O)O)N1C(=O)/C(=C/c2ccc(-c3ccc(C)c([N+](=O)[O-])c3)o2)SC1=S. The van der Waals surface area contributed by atoms with Crippen molar-refractivity contribution in [1.82, 2.24) is 4.90 Å². The molecule has 10 heteroatoms. The second kappa shape index (κ2) is 9.44. The van der Waals surface area contributed by atoms with E-state index in [1.165, 1.54) is 12.1 Å². The Labute approximate surface area is 188 Å². The monoisotopic (exact) mass is 460 g/mol. The zero-order chi connectivity index (χ0) is 22.7. The van der Waals surface area contributed by atoms with E-state index in [-0.39, 0.29) is 14.9 Å². The van der Waals surface area contributed by atoms with E-state index < -0.39 is 22.8 Å². The lowest BCUT2D eigenvalue weighted by Crippen LogP contribution is -2.43. The van der Waals surface area contributed by atoms with Gasteiger partial charge in [0.05, 0.1) is 9.83 Å². The number of hydrogen-bond donors (Lipinski definition) is 1. The van der Waals surface area contributed by atoms with Crippen LogP contribution < -0.4 is 0 Å². The van der Waals surface area contributed by atoms with E-state index in [1.54, 1.807) is 31.2 Å². The third-order valence-electron chi connectivity index (χ3n) is 4.84. The molecule has 1 aliphatic rings. The Morgan fingerprint density at radius 3 is 2.77 bits per heavy atom.